The van der Waals surface area contributed by atoms with Crippen molar-refractivity contribution in [3.63, 3.8) is 0 Å². The molecule has 0 bridgehead atoms. The highest BCUT2D eigenvalue weighted by atomic mass is 16.5. The predicted molar refractivity (Wildman–Crippen MR) is 142 cm³/mol. The molecule has 0 saturated heterocycles. The molecule has 0 radical (unpaired) electrons. The van der Waals surface area contributed by atoms with E-state index in [1.54, 1.807) is 12.1 Å². The van der Waals surface area contributed by atoms with Gasteiger partial charge in [-0.05, 0) is 82.1 Å². The van der Waals surface area contributed by atoms with Crippen LogP contribution in [0.4, 0.5) is 4.79 Å². The lowest BCUT2D eigenvalue weighted by atomic mass is 9.85. The number of fused-ring (bicyclic) bond motifs is 1. The second-order valence-electron chi connectivity index (χ2n) is 10.1. The van der Waals surface area contributed by atoms with Gasteiger partial charge in [0.2, 0.25) is 0 Å². The lowest BCUT2D eigenvalue weighted by Gasteiger charge is -2.31. The molecule has 10 heteroatoms. The number of carbonyl (C=O) groups is 2. The number of amides is 2. The van der Waals surface area contributed by atoms with Gasteiger partial charge >= 0.3 is 6.09 Å². The number of aliphatic imine (C=N–C) groups is 1. The Morgan fingerprint density at radius 3 is 2.51 bits per heavy atom. The number of rotatable bonds is 8. The Balaban J connectivity index is 1.27. The van der Waals surface area contributed by atoms with Crippen LogP contribution in [-0.2, 0) is 11.2 Å². The molecule has 2 heterocycles. The fourth-order valence-corrected chi connectivity index (χ4v) is 5.40. The van der Waals surface area contributed by atoms with Crippen LogP contribution in [0.5, 0.6) is 0 Å². The van der Waals surface area contributed by atoms with E-state index in [1.807, 2.05) is 24.1 Å². The maximum atomic E-state index is 12.7. The summed E-state index contributed by atoms with van der Waals surface area (Å²) in [5.41, 5.74) is 10.3. The number of alkyl carbamates (subject to hydrolysis) is 1. The molecule has 200 valence electrons. The number of benzene rings is 1. The molecule has 4 rings (SSSR count). The average Bonchev–Trinajstić information content (AvgIpc) is 3.25. The second kappa shape index (κ2) is 11.9. The first-order chi connectivity index (χ1) is 17.8. The first kappa shape index (κ1) is 26.8. The Bertz CT molecular complexity index is 1070. The highest BCUT2D eigenvalue weighted by molar-refractivity contribution is 5.96. The maximum absolute atomic E-state index is 12.7. The molecule has 1 saturated carbocycles. The van der Waals surface area contributed by atoms with Crippen molar-refractivity contribution >= 4 is 23.4 Å². The lowest BCUT2D eigenvalue weighted by molar-refractivity contribution is 0.0353. The van der Waals surface area contributed by atoms with E-state index in [0.29, 0.717) is 5.56 Å². The number of hydrazone groups is 1. The minimum Gasteiger partial charge on any atom is -0.453 e. The van der Waals surface area contributed by atoms with Crippen LogP contribution in [0.25, 0.3) is 0 Å². The molecule has 0 spiro atoms. The van der Waals surface area contributed by atoms with Crippen LogP contribution in [0.1, 0.15) is 68.8 Å². The van der Waals surface area contributed by atoms with Crippen molar-refractivity contribution < 1.29 is 19.4 Å². The molecule has 2 aliphatic heterocycles. The van der Waals surface area contributed by atoms with Crippen molar-refractivity contribution in [2.24, 2.45) is 21.9 Å². The summed E-state index contributed by atoms with van der Waals surface area (Å²) in [7, 11) is 1.34. The van der Waals surface area contributed by atoms with Gasteiger partial charge in [0.25, 0.3) is 5.91 Å². The van der Waals surface area contributed by atoms with Crippen molar-refractivity contribution in [1.82, 2.24) is 21.2 Å². The van der Waals surface area contributed by atoms with Crippen LogP contribution in [-0.4, -0.2) is 59.1 Å². The van der Waals surface area contributed by atoms with Gasteiger partial charge in [-0.25, -0.2) is 15.2 Å². The molecule has 1 aromatic carbocycles. The van der Waals surface area contributed by atoms with Gasteiger partial charge in [0.1, 0.15) is 12.4 Å². The van der Waals surface area contributed by atoms with Gasteiger partial charge in [-0.1, -0.05) is 19.1 Å². The largest absolute Gasteiger partial charge is 0.453 e. The monoisotopic (exact) mass is 510 g/mol. The van der Waals surface area contributed by atoms with Crippen LogP contribution in [0.15, 0.2) is 46.1 Å². The van der Waals surface area contributed by atoms with Gasteiger partial charge in [0.15, 0.2) is 0 Å². The summed E-state index contributed by atoms with van der Waals surface area (Å²) < 4.78 is 4.64. The van der Waals surface area contributed by atoms with E-state index in [-0.39, 0.29) is 30.0 Å². The third kappa shape index (κ3) is 6.37. The predicted octanol–water partition coefficient (Wildman–Crippen LogP) is 3.10. The highest BCUT2D eigenvalue weighted by Gasteiger charge is 2.38. The summed E-state index contributed by atoms with van der Waals surface area (Å²) in [4.78, 5) is 28.9. The van der Waals surface area contributed by atoms with E-state index in [4.69, 9.17) is 10.1 Å². The topological polar surface area (TPSA) is 128 Å². The quantitative estimate of drug-likeness (QED) is 0.314. The average molecular weight is 511 g/mol. The summed E-state index contributed by atoms with van der Waals surface area (Å²) in [5.74, 6) is -0.121. The molecule has 37 heavy (non-hydrogen) atoms. The number of hydrogen-bond acceptors (Lipinski definition) is 8. The zero-order valence-electron chi connectivity index (χ0n) is 22.0. The normalized spacial score (nSPS) is 25.9. The SMILES string of the molecule is CCC1=NN2C(C)=CC(C)=NC2C1Cc1ccc(C(=O)NNC(O)[C@H]2CC[C@H](NC(=O)OC)CC2)cc1. The molecular formula is C27H38N6O4. The number of carbonyl (C=O) groups excluding carboxylic acids is 2. The number of aliphatic hydroxyl groups is 1. The van der Waals surface area contributed by atoms with Crippen molar-refractivity contribution in [3.8, 4) is 0 Å². The number of ether oxygens (including phenoxy) is 1. The fraction of sp³-hybridized carbons (Fsp3) is 0.556. The Morgan fingerprint density at radius 1 is 1.16 bits per heavy atom. The standard InChI is InChI=1S/C27H38N6O4/c1-5-23-22(24-28-16(2)14-17(3)33(24)32-23)15-18-6-8-19(9-7-18)25(34)30-31-26(35)20-10-12-21(13-11-20)29-27(36)37-4/h6-9,14,20-22,24,26,31,35H,5,10-13,15H2,1-4H3,(H,29,36)(H,30,34)/t20-,21-,22?,24?,26?. The zero-order chi connectivity index (χ0) is 26.5. The second-order valence-corrected chi connectivity index (χ2v) is 10.1. The van der Waals surface area contributed by atoms with E-state index < -0.39 is 12.3 Å². The number of aliphatic hydroxyl groups excluding tert-OH is 1. The summed E-state index contributed by atoms with van der Waals surface area (Å²) >= 11 is 0. The number of methoxy groups -OCH3 is 1. The molecule has 4 N–H and O–H groups in total. The first-order valence-corrected chi connectivity index (χ1v) is 13.1. The summed E-state index contributed by atoms with van der Waals surface area (Å²) in [5, 5.41) is 20.1. The molecule has 3 unspecified atom stereocenters. The van der Waals surface area contributed by atoms with E-state index >= 15 is 0 Å². The van der Waals surface area contributed by atoms with E-state index in [0.717, 1.165) is 61.2 Å². The van der Waals surface area contributed by atoms with Crippen LogP contribution in [0, 0.1) is 11.8 Å². The van der Waals surface area contributed by atoms with Crippen molar-refractivity contribution in [2.75, 3.05) is 7.11 Å². The Kier molecular flexibility index (Phi) is 8.60. The third-order valence-electron chi connectivity index (χ3n) is 7.48. The zero-order valence-corrected chi connectivity index (χ0v) is 22.0. The molecule has 1 aliphatic carbocycles. The van der Waals surface area contributed by atoms with Gasteiger partial charge in [0.05, 0.1) is 7.11 Å². The van der Waals surface area contributed by atoms with E-state index in [9.17, 15) is 14.7 Å². The minimum absolute atomic E-state index is 0.0108. The van der Waals surface area contributed by atoms with E-state index in [1.165, 1.54) is 7.11 Å². The smallest absolute Gasteiger partial charge is 0.407 e. The van der Waals surface area contributed by atoms with Crippen molar-refractivity contribution in [2.45, 2.75) is 77.7 Å². The van der Waals surface area contributed by atoms with Crippen LogP contribution >= 0.6 is 0 Å². The first-order valence-electron chi connectivity index (χ1n) is 13.1. The van der Waals surface area contributed by atoms with Crippen LogP contribution in [0.2, 0.25) is 0 Å². The van der Waals surface area contributed by atoms with Crippen molar-refractivity contribution in [1.29, 1.82) is 0 Å². The Labute approximate surface area is 218 Å². The van der Waals surface area contributed by atoms with Crippen molar-refractivity contribution in [3.05, 3.63) is 47.2 Å². The summed E-state index contributed by atoms with van der Waals surface area (Å²) in [6.45, 7) is 6.21. The number of hydrogen-bond donors (Lipinski definition) is 4. The number of allylic oxidation sites excluding steroid dienone is 2. The summed E-state index contributed by atoms with van der Waals surface area (Å²) in [6, 6.07) is 7.60. The Morgan fingerprint density at radius 2 is 1.86 bits per heavy atom. The molecular weight excluding hydrogens is 472 g/mol. The lowest BCUT2D eigenvalue weighted by Crippen LogP contribution is -2.49. The highest BCUT2D eigenvalue weighted by Crippen LogP contribution is 2.33. The van der Waals surface area contributed by atoms with Gasteiger partial charge in [-0.2, -0.15) is 5.10 Å². The molecule has 0 aromatic heterocycles. The molecule has 3 atom stereocenters. The van der Waals surface area contributed by atoms with Crippen LogP contribution in [0.3, 0.4) is 0 Å². The van der Waals surface area contributed by atoms with Gasteiger partial charge in [-0.15, -0.1) is 0 Å². The maximum Gasteiger partial charge on any atom is 0.407 e. The van der Waals surface area contributed by atoms with Gasteiger partial charge in [-0.3, -0.25) is 15.2 Å². The van der Waals surface area contributed by atoms with Gasteiger partial charge < -0.3 is 15.2 Å². The van der Waals surface area contributed by atoms with E-state index in [2.05, 4.69) is 40.8 Å². The van der Waals surface area contributed by atoms with Gasteiger partial charge in [0, 0.05) is 34.6 Å². The number of hydrazine groups is 1. The molecule has 1 fully saturated rings. The fourth-order valence-electron chi connectivity index (χ4n) is 5.40. The third-order valence-corrected chi connectivity index (χ3v) is 7.48. The molecule has 3 aliphatic rings. The Hall–Kier alpha value is -3.24. The summed E-state index contributed by atoms with van der Waals surface area (Å²) in [6.07, 6.45) is 5.37. The molecule has 2 amide bonds. The minimum atomic E-state index is -0.864. The molecule has 10 nitrogen and oxygen atoms in total. The van der Waals surface area contributed by atoms with Crippen LogP contribution < -0.4 is 16.2 Å². The molecule has 1 aromatic rings. The number of nitrogens with one attached hydrogen (secondary N) is 3. The number of nitrogens with zero attached hydrogens (tertiary/aromatic N) is 3.